The molecule has 0 bridgehead atoms. The Labute approximate surface area is 160 Å². The highest BCUT2D eigenvalue weighted by molar-refractivity contribution is 5.97. The molecule has 8 nitrogen and oxygen atoms in total. The van der Waals surface area contributed by atoms with Crippen molar-refractivity contribution in [2.24, 2.45) is 11.8 Å². The van der Waals surface area contributed by atoms with Crippen LogP contribution in [0.5, 0.6) is 0 Å². The number of hydrogen-bond donors (Lipinski definition) is 2. The fourth-order valence-electron chi connectivity index (χ4n) is 2.91. The molecule has 3 heterocycles. The number of fused-ring (bicyclic) bond motifs is 1. The standard InChI is InChI=1S/C19H18FN7O/c1-11-5-14(11)19(28)24-16-6-15-13(4-3-12-7-23-27(9-12)10-20)8-22-18(21-2)17(15)26-25-16/h6-9,11,14H,5,10H2,1-2H3,(H,21,22)(H,24,25,28)/t11-,14+/m1/s1. The lowest BCUT2D eigenvalue weighted by Gasteiger charge is -2.08. The van der Waals surface area contributed by atoms with Gasteiger partial charge in [0, 0.05) is 30.7 Å². The number of carbonyl (C=O) groups is 1. The summed E-state index contributed by atoms with van der Waals surface area (Å²) >= 11 is 0. The van der Waals surface area contributed by atoms with Gasteiger partial charge in [-0.15, -0.1) is 10.2 Å². The molecule has 0 aromatic carbocycles. The summed E-state index contributed by atoms with van der Waals surface area (Å²) < 4.78 is 13.8. The molecule has 2 N–H and O–H groups in total. The number of halogens is 1. The second kappa shape index (κ2) is 7.23. The topological polar surface area (TPSA) is 97.6 Å². The van der Waals surface area contributed by atoms with Gasteiger partial charge < -0.3 is 10.6 Å². The Morgan fingerprint density at radius 1 is 1.36 bits per heavy atom. The van der Waals surface area contributed by atoms with Crippen LogP contribution in [0, 0.1) is 23.7 Å². The first-order chi connectivity index (χ1) is 13.6. The number of nitrogens with zero attached hydrogens (tertiary/aromatic N) is 5. The van der Waals surface area contributed by atoms with E-state index >= 15 is 0 Å². The summed E-state index contributed by atoms with van der Waals surface area (Å²) in [6.07, 6.45) is 5.53. The van der Waals surface area contributed by atoms with E-state index in [0.717, 1.165) is 11.1 Å². The quantitative estimate of drug-likeness (QED) is 0.675. The molecule has 3 aromatic heterocycles. The molecule has 28 heavy (non-hydrogen) atoms. The Bertz CT molecular complexity index is 1110. The normalized spacial score (nSPS) is 17.7. The van der Waals surface area contributed by atoms with Crippen LogP contribution in [0.1, 0.15) is 24.5 Å². The molecule has 0 spiro atoms. The van der Waals surface area contributed by atoms with Gasteiger partial charge in [0.25, 0.3) is 0 Å². The molecule has 0 aliphatic heterocycles. The van der Waals surface area contributed by atoms with Gasteiger partial charge in [-0.05, 0) is 18.4 Å². The van der Waals surface area contributed by atoms with Crippen LogP contribution < -0.4 is 10.6 Å². The van der Waals surface area contributed by atoms with Gasteiger partial charge in [-0.3, -0.25) is 4.79 Å². The van der Waals surface area contributed by atoms with Crippen molar-refractivity contribution in [3.63, 3.8) is 0 Å². The number of pyridine rings is 1. The van der Waals surface area contributed by atoms with Gasteiger partial charge in [-0.25, -0.2) is 14.1 Å². The lowest BCUT2D eigenvalue weighted by molar-refractivity contribution is -0.117. The highest BCUT2D eigenvalue weighted by Crippen LogP contribution is 2.38. The van der Waals surface area contributed by atoms with Crippen molar-refractivity contribution >= 4 is 28.4 Å². The molecule has 2 atom stereocenters. The fourth-order valence-corrected chi connectivity index (χ4v) is 2.91. The van der Waals surface area contributed by atoms with E-state index in [1.165, 1.54) is 12.4 Å². The maximum Gasteiger partial charge on any atom is 0.228 e. The number of rotatable bonds is 4. The Hall–Kier alpha value is -3.54. The van der Waals surface area contributed by atoms with Gasteiger partial charge in [0.05, 0.1) is 17.3 Å². The summed E-state index contributed by atoms with van der Waals surface area (Å²) in [4.78, 5) is 16.5. The summed E-state index contributed by atoms with van der Waals surface area (Å²) in [7, 11) is 1.74. The first-order valence-electron chi connectivity index (χ1n) is 8.84. The first-order valence-corrected chi connectivity index (χ1v) is 8.84. The number of hydrogen-bond acceptors (Lipinski definition) is 6. The fraction of sp³-hybridized carbons (Fsp3) is 0.316. The molecule has 0 saturated heterocycles. The van der Waals surface area contributed by atoms with Crippen molar-refractivity contribution in [1.82, 2.24) is 25.0 Å². The van der Waals surface area contributed by atoms with Gasteiger partial charge in [0.15, 0.2) is 18.4 Å². The number of aromatic nitrogens is 5. The van der Waals surface area contributed by atoms with Crippen molar-refractivity contribution in [1.29, 1.82) is 0 Å². The Morgan fingerprint density at radius 3 is 2.86 bits per heavy atom. The Balaban J connectivity index is 1.70. The van der Waals surface area contributed by atoms with Crippen LogP contribution >= 0.6 is 0 Å². The Kier molecular flexibility index (Phi) is 4.61. The average Bonchev–Trinajstić information content (AvgIpc) is 3.26. The summed E-state index contributed by atoms with van der Waals surface area (Å²) in [6, 6.07) is 1.74. The number of amides is 1. The average molecular weight is 379 g/mol. The van der Waals surface area contributed by atoms with Crippen LogP contribution in [-0.2, 0) is 11.6 Å². The van der Waals surface area contributed by atoms with Gasteiger partial charge in [0.1, 0.15) is 5.52 Å². The van der Waals surface area contributed by atoms with E-state index in [1.54, 1.807) is 19.3 Å². The third-order valence-electron chi connectivity index (χ3n) is 4.66. The SMILES string of the molecule is CNc1ncc(C#Cc2cnn(CF)c2)c2cc(NC(=O)[C@H]3C[C@H]3C)nnc12. The van der Waals surface area contributed by atoms with Crippen molar-refractivity contribution in [2.75, 3.05) is 17.7 Å². The van der Waals surface area contributed by atoms with Gasteiger partial charge in [-0.2, -0.15) is 5.10 Å². The molecule has 9 heteroatoms. The summed E-state index contributed by atoms with van der Waals surface area (Å²) in [5.74, 6) is 7.29. The third kappa shape index (κ3) is 3.49. The van der Waals surface area contributed by atoms with Gasteiger partial charge in [-0.1, -0.05) is 18.8 Å². The highest BCUT2D eigenvalue weighted by Gasteiger charge is 2.39. The number of nitrogens with one attached hydrogen (secondary N) is 2. The van der Waals surface area contributed by atoms with Crippen molar-refractivity contribution < 1.29 is 9.18 Å². The van der Waals surface area contributed by atoms with E-state index in [2.05, 4.69) is 42.8 Å². The zero-order chi connectivity index (χ0) is 19.7. The minimum Gasteiger partial charge on any atom is -0.371 e. The number of anilines is 2. The molecule has 1 aliphatic rings. The van der Waals surface area contributed by atoms with Crippen LogP contribution in [-0.4, -0.2) is 37.9 Å². The zero-order valence-electron chi connectivity index (χ0n) is 15.4. The van der Waals surface area contributed by atoms with E-state index in [4.69, 9.17) is 0 Å². The molecule has 1 saturated carbocycles. The van der Waals surface area contributed by atoms with Crippen LogP contribution in [0.3, 0.4) is 0 Å². The summed E-state index contributed by atoms with van der Waals surface area (Å²) in [5, 5.41) is 18.7. The van der Waals surface area contributed by atoms with Crippen LogP contribution in [0.15, 0.2) is 24.7 Å². The van der Waals surface area contributed by atoms with E-state index < -0.39 is 6.80 Å². The number of alkyl halides is 1. The van der Waals surface area contributed by atoms with E-state index in [9.17, 15) is 9.18 Å². The first kappa shape index (κ1) is 17.9. The lowest BCUT2D eigenvalue weighted by Crippen LogP contribution is -2.16. The van der Waals surface area contributed by atoms with E-state index in [-0.39, 0.29) is 11.8 Å². The molecule has 1 fully saturated rings. The molecule has 0 radical (unpaired) electrons. The minimum absolute atomic E-state index is 0.0362. The van der Waals surface area contributed by atoms with E-state index in [1.807, 2.05) is 6.92 Å². The second-order valence-electron chi connectivity index (χ2n) is 6.71. The predicted octanol–water partition coefficient (Wildman–Crippen LogP) is 2.18. The van der Waals surface area contributed by atoms with E-state index in [0.29, 0.717) is 39.6 Å². The van der Waals surface area contributed by atoms with Crippen molar-refractivity contribution in [3.05, 3.63) is 35.8 Å². The lowest BCUT2D eigenvalue weighted by atomic mass is 10.1. The van der Waals surface area contributed by atoms with Crippen LogP contribution in [0.2, 0.25) is 0 Å². The second-order valence-corrected chi connectivity index (χ2v) is 6.71. The smallest absolute Gasteiger partial charge is 0.228 e. The third-order valence-corrected chi connectivity index (χ3v) is 4.66. The van der Waals surface area contributed by atoms with Gasteiger partial charge in [0.2, 0.25) is 5.91 Å². The summed E-state index contributed by atoms with van der Waals surface area (Å²) in [6.45, 7) is 1.33. The molecule has 1 amide bonds. The maximum atomic E-state index is 12.6. The van der Waals surface area contributed by atoms with Crippen molar-refractivity contribution in [3.8, 4) is 11.8 Å². The monoisotopic (exact) mass is 379 g/mol. The maximum absolute atomic E-state index is 12.6. The highest BCUT2D eigenvalue weighted by atomic mass is 19.1. The predicted molar refractivity (Wildman–Crippen MR) is 102 cm³/mol. The molecular formula is C19H18FN7O. The largest absolute Gasteiger partial charge is 0.371 e. The number of carbonyl (C=O) groups excluding carboxylic acids is 1. The molecule has 142 valence electrons. The summed E-state index contributed by atoms with van der Waals surface area (Å²) in [5.41, 5.74) is 1.75. The molecule has 4 rings (SSSR count). The zero-order valence-corrected chi connectivity index (χ0v) is 15.4. The minimum atomic E-state index is -0.707. The molecule has 3 aromatic rings. The van der Waals surface area contributed by atoms with Gasteiger partial charge >= 0.3 is 0 Å². The molecule has 0 unspecified atom stereocenters. The van der Waals surface area contributed by atoms with Crippen LogP contribution in [0.25, 0.3) is 10.9 Å². The molecule has 1 aliphatic carbocycles. The molecular weight excluding hydrogens is 361 g/mol. The Morgan fingerprint density at radius 2 is 2.18 bits per heavy atom. The van der Waals surface area contributed by atoms with Crippen LogP contribution in [0.4, 0.5) is 16.0 Å². The van der Waals surface area contributed by atoms with Crippen molar-refractivity contribution in [2.45, 2.75) is 20.1 Å².